The van der Waals surface area contributed by atoms with Crippen molar-refractivity contribution < 1.29 is 9.78 Å². The Labute approximate surface area is 83.0 Å². The summed E-state index contributed by atoms with van der Waals surface area (Å²) in [6.45, 7) is 1.71. The molecular weight excluding hydrogens is 178 g/mol. The fourth-order valence-corrected chi connectivity index (χ4v) is 2.14. The molecular formula is C11H13NO2. The van der Waals surface area contributed by atoms with Crippen LogP contribution in [0.5, 0.6) is 5.75 Å². The minimum atomic E-state index is 0.529. The molecule has 0 radical (unpaired) electrons. The van der Waals surface area contributed by atoms with E-state index >= 15 is 0 Å². The molecule has 1 unspecified atom stereocenters. The second-order valence-electron chi connectivity index (χ2n) is 3.86. The van der Waals surface area contributed by atoms with Crippen molar-refractivity contribution in [1.29, 1.82) is 0 Å². The third kappa shape index (κ3) is 1.29. The highest BCUT2D eigenvalue weighted by molar-refractivity contribution is 5.39. The molecule has 0 amide bonds. The molecule has 0 spiro atoms. The number of rotatable bonds is 1. The first-order valence-electron chi connectivity index (χ1n) is 5.09. The Morgan fingerprint density at radius 2 is 2.36 bits per heavy atom. The van der Waals surface area contributed by atoms with Crippen molar-refractivity contribution in [2.75, 3.05) is 6.54 Å². The van der Waals surface area contributed by atoms with Gasteiger partial charge < -0.3 is 10.2 Å². The minimum absolute atomic E-state index is 0.529. The normalized spacial score (nSPS) is 24.7. The molecule has 1 fully saturated rings. The van der Waals surface area contributed by atoms with Crippen molar-refractivity contribution in [3.05, 3.63) is 29.3 Å². The van der Waals surface area contributed by atoms with Gasteiger partial charge in [0.05, 0.1) is 0 Å². The molecule has 0 saturated carbocycles. The second-order valence-corrected chi connectivity index (χ2v) is 3.86. The van der Waals surface area contributed by atoms with Crippen LogP contribution in [0.15, 0.2) is 18.2 Å². The van der Waals surface area contributed by atoms with Gasteiger partial charge in [0, 0.05) is 11.6 Å². The van der Waals surface area contributed by atoms with Crippen LogP contribution in [0, 0.1) is 0 Å². The van der Waals surface area contributed by atoms with Crippen LogP contribution in [0.4, 0.5) is 0 Å². The van der Waals surface area contributed by atoms with E-state index in [1.807, 2.05) is 6.07 Å². The molecule has 2 heterocycles. The molecule has 3 rings (SSSR count). The molecule has 1 atom stereocenters. The van der Waals surface area contributed by atoms with Gasteiger partial charge in [0.25, 0.3) is 0 Å². The van der Waals surface area contributed by atoms with Gasteiger partial charge in [-0.15, -0.1) is 0 Å². The first-order chi connectivity index (χ1) is 6.93. The standard InChI is InChI=1S/C11H13NO2/c1-2-10(12-5-1)8-3-4-11-9(6-8)7-13-14-11/h3-4,6,10,12H,1-2,5,7H2. The lowest BCUT2D eigenvalue weighted by Crippen LogP contribution is -2.12. The quantitative estimate of drug-likeness (QED) is 0.688. The maximum atomic E-state index is 5.00. The first kappa shape index (κ1) is 8.26. The highest BCUT2D eigenvalue weighted by Crippen LogP contribution is 2.31. The number of hydrogen-bond donors (Lipinski definition) is 1. The van der Waals surface area contributed by atoms with Crippen molar-refractivity contribution in [2.24, 2.45) is 0 Å². The van der Waals surface area contributed by atoms with Crippen LogP contribution >= 0.6 is 0 Å². The van der Waals surface area contributed by atoms with Gasteiger partial charge in [-0.2, -0.15) is 4.89 Å². The Morgan fingerprint density at radius 3 is 3.21 bits per heavy atom. The zero-order chi connectivity index (χ0) is 9.38. The van der Waals surface area contributed by atoms with Crippen LogP contribution in [-0.2, 0) is 11.5 Å². The third-order valence-electron chi connectivity index (χ3n) is 2.91. The molecule has 1 saturated heterocycles. The van der Waals surface area contributed by atoms with Crippen molar-refractivity contribution in [1.82, 2.24) is 5.32 Å². The number of benzene rings is 1. The molecule has 2 aliphatic rings. The molecule has 3 heteroatoms. The number of nitrogens with one attached hydrogen (secondary N) is 1. The Hall–Kier alpha value is -1.06. The summed E-state index contributed by atoms with van der Waals surface area (Å²) in [6.07, 6.45) is 2.51. The fourth-order valence-electron chi connectivity index (χ4n) is 2.14. The molecule has 1 aromatic rings. The van der Waals surface area contributed by atoms with Gasteiger partial charge in [0.15, 0.2) is 5.75 Å². The molecule has 74 valence electrons. The van der Waals surface area contributed by atoms with Crippen LogP contribution in [0.3, 0.4) is 0 Å². The average molecular weight is 191 g/mol. The number of fused-ring (bicyclic) bond motifs is 1. The molecule has 2 aliphatic heterocycles. The molecule has 0 aliphatic carbocycles. The Bertz CT molecular complexity index is 345. The molecule has 3 nitrogen and oxygen atoms in total. The van der Waals surface area contributed by atoms with Gasteiger partial charge in [-0.3, -0.25) is 0 Å². The van der Waals surface area contributed by atoms with Crippen molar-refractivity contribution in [2.45, 2.75) is 25.5 Å². The summed E-state index contributed by atoms with van der Waals surface area (Å²) >= 11 is 0. The van der Waals surface area contributed by atoms with Gasteiger partial charge in [-0.05, 0) is 37.1 Å². The minimum Gasteiger partial charge on any atom is -0.337 e. The van der Waals surface area contributed by atoms with Gasteiger partial charge in [0.2, 0.25) is 0 Å². The summed E-state index contributed by atoms with van der Waals surface area (Å²) in [5, 5.41) is 3.48. The summed E-state index contributed by atoms with van der Waals surface area (Å²) in [5.74, 6) is 0.867. The predicted octanol–water partition coefficient (Wildman–Crippen LogP) is 1.94. The fraction of sp³-hybridized carbons (Fsp3) is 0.455. The van der Waals surface area contributed by atoms with E-state index in [9.17, 15) is 0 Å². The highest BCUT2D eigenvalue weighted by Gasteiger charge is 2.20. The highest BCUT2D eigenvalue weighted by atomic mass is 17.2. The lowest BCUT2D eigenvalue weighted by atomic mass is 10.0. The first-order valence-corrected chi connectivity index (χ1v) is 5.09. The van der Waals surface area contributed by atoms with Gasteiger partial charge in [0.1, 0.15) is 6.61 Å². The Morgan fingerprint density at radius 1 is 1.36 bits per heavy atom. The zero-order valence-corrected chi connectivity index (χ0v) is 7.95. The molecule has 14 heavy (non-hydrogen) atoms. The van der Waals surface area contributed by atoms with Crippen molar-refractivity contribution in [3.8, 4) is 5.75 Å². The SMILES string of the molecule is c1cc2c(cc1C1CCCN1)COO2. The Kier molecular flexibility index (Phi) is 1.92. The molecule has 1 aromatic carbocycles. The summed E-state index contributed by atoms with van der Waals surface area (Å²) < 4.78 is 0. The van der Waals surface area contributed by atoms with Crippen LogP contribution < -0.4 is 10.2 Å². The Balaban J connectivity index is 1.91. The monoisotopic (exact) mass is 191 g/mol. The van der Waals surface area contributed by atoms with E-state index in [1.165, 1.54) is 18.4 Å². The second kappa shape index (κ2) is 3.26. The summed E-state index contributed by atoms with van der Waals surface area (Å²) in [5.41, 5.74) is 2.52. The maximum absolute atomic E-state index is 5.00. The molecule has 0 bridgehead atoms. The summed E-state index contributed by atoms with van der Waals surface area (Å²) in [7, 11) is 0. The van der Waals surface area contributed by atoms with Gasteiger partial charge in [-0.1, -0.05) is 6.07 Å². The van der Waals surface area contributed by atoms with E-state index in [0.29, 0.717) is 12.6 Å². The van der Waals surface area contributed by atoms with E-state index in [4.69, 9.17) is 9.78 Å². The van der Waals surface area contributed by atoms with E-state index in [0.717, 1.165) is 17.9 Å². The van der Waals surface area contributed by atoms with Crippen LogP contribution in [-0.4, -0.2) is 6.54 Å². The lowest BCUT2D eigenvalue weighted by Gasteiger charge is -2.10. The predicted molar refractivity (Wildman–Crippen MR) is 51.8 cm³/mol. The summed E-state index contributed by atoms with van der Waals surface area (Å²) in [4.78, 5) is 9.91. The van der Waals surface area contributed by atoms with Gasteiger partial charge >= 0.3 is 0 Å². The lowest BCUT2D eigenvalue weighted by molar-refractivity contribution is -0.194. The van der Waals surface area contributed by atoms with E-state index < -0.39 is 0 Å². The average Bonchev–Trinajstić information content (AvgIpc) is 2.88. The summed E-state index contributed by atoms with van der Waals surface area (Å²) in [6, 6.07) is 6.83. The van der Waals surface area contributed by atoms with Crippen LogP contribution in [0.2, 0.25) is 0 Å². The van der Waals surface area contributed by atoms with Gasteiger partial charge in [-0.25, -0.2) is 0 Å². The topological polar surface area (TPSA) is 30.5 Å². The van der Waals surface area contributed by atoms with E-state index in [-0.39, 0.29) is 0 Å². The van der Waals surface area contributed by atoms with Crippen molar-refractivity contribution in [3.63, 3.8) is 0 Å². The number of hydrogen-bond acceptors (Lipinski definition) is 3. The van der Waals surface area contributed by atoms with Crippen molar-refractivity contribution >= 4 is 0 Å². The largest absolute Gasteiger partial charge is 0.337 e. The maximum Gasteiger partial charge on any atom is 0.171 e. The van der Waals surface area contributed by atoms with Crippen LogP contribution in [0.1, 0.15) is 30.0 Å². The molecule has 1 N–H and O–H groups in total. The van der Waals surface area contributed by atoms with E-state index in [2.05, 4.69) is 17.4 Å². The van der Waals surface area contributed by atoms with Crippen LogP contribution in [0.25, 0.3) is 0 Å². The van der Waals surface area contributed by atoms with E-state index in [1.54, 1.807) is 0 Å². The molecule has 0 aromatic heterocycles. The smallest absolute Gasteiger partial charge is 0.171 e. The third-order valence-corrected chi connectivity index (χ3v) is 2.91. The zero-order valence-electron chi connectivity index (χ0n) is 7.95.